The molecule has 5 nitrogen and oxygen atoms in total. The topological polar surface area (TPSA) is 80.7 Å². The predicted octanol–water partition coefficient (Wildman–Crippen LogP) is 3.94. The van der Waals surface area contributed by atoms with Gasteiger partial charge in [0, 0.05) is 0 Å². The molecule has 5 heteroatoms. The third-order valence-corrected chi connectivity index (χ3v) is 4.88. The highest BCUT2D eigenvalue weighted by Gasteiger charge is 2.45. The maximum absolute atomic E-state index is 12.9. The van der Waals surface area contributed by atoms with Crippen LogP contribution in [0.5, 0.6) is 5.75 Å². The molecule has 0 fully saturated rings. The van der Waals surface area contributed by atoms with Gasteiger partial charge in [0.25, 0.3) is 0 Å². The van der Waals surface area contributed by atoms with Crippen LogP contribution >= 0.6 is 0 Å². The Morgan fingerprint density at radius 3 is 2.11 bits per heavy atom. The number of para-hydroxylation sites is 1. The molecule has 0 saturated heterocycles. The Morgan fingerprint density at radius 2 is 1.43 bits per heavy atom. The number of aliphatic carboxylic acids is 1. The van der Waals surface area contributed by atoms with Crippen molar-refractivity contribution < 1.29 is 24.2 Å². The Hall–Kier alpha value is -3.73. The van der Waals surface area contributed by atoms with Crippen molar-refractivity contribution in [3.05, 3.63) is 90.0 Å². The molecule has 28 heavy (non-hydrogen) atoms. The lowest BCUT2D eigenvalue weighted by Gasteiger charge is -2.26. The molecular formula is C23H16O5. The number of rotatable bonds is 4. The zero-order chi connectivity index (χ0) is 19.7. The van der Waals surface area contributed by atoms with Crippen LogP contribution in [0, 0.1) is 5.92 Å². The molecular weight excluding hydrogens is 356 g/mol. The number of fused-ring (bicyclic) bond motifs is 1. The minimum atomic E-state index is -1.42. The number of esters is 1. The number of carboxylic acids is 1. The number of carbonyl (C=O) groups is 3. The van der Waals surface area contributed by atoms with Gasteiger partial charge in [0.05, 0.1) is 5.56 Å². The summed E-state index contributed by atoms with van der Waals surface area (Å²) >= 11 is 0. The van der Waals surface area contributed by atoms with Crippen LogP contribution in [0.4, 0.5) is 0 Å². The lowest BCUT2D eigenvalue weighted by molar-refractivity contribution is -0.147. The zero-order valence-electron chi connectivity index (χ0n) is 14.7. The quantitative estimate of drug-likeness (QED) is 0.426. The first-order valence-electron chi connectivity index (χ1n) is 8.79. The van der Waals surface area contributed by atoms with Crippen molar-refractivity contribution in [3.63, 3.8) is 0 Å². The number of benzene rings is 3. The molecule has 0 bridgehead atoms. The van der Waals surface area contributed by atoms with Crippen molar-refractivity contribution in [2.45, 2.75) is 5.92 Å². The number of carboxylic acid groups (broad SMARTS) is 1. The van der Waals surface area contributed by atoms with Crippen molar-refractivity contribution >= 4 is 17.7 Å². The van der Waals surface area contributed by atoms with E-state index in [9.17, 15) is 19.5 Å². The first-order valence-corrected chi connectivity index (χ1v) is 8.79. The van der Waals surface area contributed by atoms with Gasteiger partial charge < -0.3 is 9.84 Å². The lowest BCUT2D eigenvalue weighted by atomic mass is 9.79. The fourth-order valence-corrected chi connectivity index (χ4v) is 3.48. The van der Waals surface area contributed by atoms with Crippen LogP contribution in [-0.4, -0.2) is 22.8 Å². The van der Waals surface area contributed by atoms with Gasteiger partial charge in [-0.25, -0.2) is 0 Å². The molecule has 4 rings (SSSR count). The molecule has 2 unspecified atom stereocenters. The fourth-order valence-electron chi connectivity index (χ4n) is 3.48. The summed E-state index contributed by atoms with van der Waals surface area (Å²) in [5.74, 6) is -5.21. The second-order valence-electron chi connectivity index (χ2n) is 6.56. The average molecular weight is 372 g/mol. The van der Waals surface area contributed by atoms with Crippen LogP contribution in [0.15, 0.2) is 78.9 Å². The molecule has 0 aliphatic carbocycles. The van der Waals surface area contributed by atoms with Crippen LogP contribution in [-0.2, 0) is 9.59 Å². The summed E-state index contributed by atoms with van der Waals surface area (Å²) in [5.41, 5.74) is 2.50. The van der Waals surface area contributed by atoms with E-state index in [0.717, 1.165) is 11.1 Å². The Labute approximate surface area is 161 Å². The number of ether oxygens (including phenoxy) is 1. The van der Waals surface area contributed by atoms with Gasteiger partial charge in [-0.1, -0.05) is 66.7 Å². The Bertz CT molecular complexity index is 1050. The molecule has 0 aromatic heterocycles. The van der Waals surface area contributed by atoms with Crippen LogP contribution in [0.3, 0.4) is 0 Å². The molecule has 0 radical (unpaired) electrons. The van der Waals surface area contributed by atoms with E-state index in [1.54, 1.807) is 36.4 Å². The maximum atomic E-state index is 12.9. The molecule has 3 aromatic rings. The molecule has 1 aliphatic rings. The van der Waals surface area contributed by atoms with Gasteiger partial charge in [-0.15, -0.1) is 0 Å². The van der Waals surface area contributed by atoms with E-state index in [1.165, 1.54) is 12.1 Å². The third-order valence-electron chi connectivity index (χ3n) is 4.88. The molecule has 3 aromatic carbocycles. The number of ketones is 1. The number of hydrogen-bond donors (Lipinski definition) is 1. The first kappa shape index (κ1) is 17.7. The van der Waals surface area contributed by atoms with E-state index in [-0.39, 0.29) is 11.3 Å². The Balaban J connectivity index is 1.71. The van der Waals surface area contributed by atoms with Crippen molar-refractivity contribution in [1.29, 1.82) is 0 Å². The molecule has 1 heterocycles. The minimum Gasteiger partial charge on any atom is -0.481 e. The summed E-state index contributed by atoms with van der Waals surface area (Å²) in [6.07, 6.45) is 0. The van der Waals surface area contributed by atoms with E-state index >= 15 is 0 Å². The van der Waals surface area contributed by atoms with Crippen molar-refractivity contribution in [2.24, 2.45) is 5.92 Å². The summed E-state index contributed by atoms with van der Waals surface area (Å²) in [5, 5.41) is 9.79. The van der Waals surface area contributed by atoms with Gasteiger partial charge in [0.2, 0.25) is 0 Å². The third kappa shape index (κ3) is 3.07. The molecule has 1 N–H and O–H groups in total. The summed E-state index contributed by atoms with van der Waals surface area (Å²) in [6, 6.07) is 22.8. The minimum absolute atomic E-state index is 0.164. The van der Waals surface area contributed by atoms with Gasteiger partial charge in [0.1, 0.15) is 17.6 Å². The normalized spacial score (nSPS) is 16.8. The van der Waals surface area contributed by atoms with Crippen LogP contribution in [0.2, 0.25) is 0 Å². The Kier molecular flexibility index (Phi) is 4.49. The van der Waals surface area contributed by atoms with Gasteiger partial charge in [-0.05, 0) is 28.8 Å². The summed E-state index contributed by atoms with van der Waals surface area (Å²) in [4.78, 5) is 37.3. The van der Waals surface area contributed by atoms with E-state index < -0.39 is 29.6 Å². The summed E-state index contributed by atoms with van der Waals surface area (Å²) in [6.45, 7) is 0. The zero-order valence-corrected chi connectivity index (χ0v) is 14.7. The van der Waals surface area contributed by atoms with Crippen molar-refractivity contribution in [2.75, 3.05) is 0 Å². The molecule has 0 saturated carbocycles. The van der Waals surface area contributed by atoms with Gasteiger partial charge in [0.15, 0.2) is 5.78 Å². The predicted molar refractivity (Wildman–Crippen MR) is 102 cm³/mol. The SMILES string of the molecule is O=C1Oc2ccccc2C(=O)C1C(C(=O)O)c1ccc(-c2ccccc2)cc1. The Morgan fingerprint density at radius 1 is 0.821 bits per heavy atom. The van der Waals surface area contributed by atoms with E-state index in [1.807, 2.05) is 30.3 Å². The molecule has 138 valence electrons. The fraction of sp³-hybridized carbons (Fsp3) is 0.0870. The number of Topliss-reactive ketones (excluding diaryl/α,β-unsaturated/α-hetero) is 1. The van der Waals surface area contributed by atoms with E-state index in [0.29, 0.717) is 5.56 Å². The molecule has 0 amide bonds. The van der Waals surface area contributed by atoms with Gasteiger partial charge >= 0.3 is 11.9 Å². The molecule has 2 atom stereocenters. The van der Waals surface area contributed by atoms with Gasteiger partial charge in [-0.2, -0.15) is 0 Å². The standard InChI is InChI=1S/C23H16O5/c24-21-17-8-4-5-9-18(17)28-23(27)20(21)19(22(25)26)16-12-10-15(11-13-16)14-6-2-1-3-7-14/h1-13,19-20H,(H,25,26). The summed E-state index contributed by atoms with van der Waals surface area (Å²) in [7, 11) is 0. The second kappa shape index (κ2) is 7.12. The monoisotopic (exact) mass is 372 g/mol. The average Bonchev–Trinajstić information content (AvgIpc) is 2.72. The van der Waals surface area contributed by atoms with Crippen LogP contribution in [0.25, 0.3) is 11.1 Å². The highest BCUT2D eigenvalue weighted by molar-refractivity contribution is 6.16. The first-order chi connectivity index (χ1) is 13.6. The molecule has 0 spiro atoms. The van der Waals surface area contributed by atoms with Gasteiger partial charge in [-0.3, -0.25) is 14.4 Å². The van der Waals surface area contributed by atoms with E-state index in [2.05, 4.69) is 0 Å². The number of carbonyl (C=O) groups excluding carboxylic acids is 2. The second-order valence-corrected chi connectivity index (χ2v) is 6.56. The highest BCUT2D eigenvalue weighted by atomic mass is 16.5. The van der Waals surface area contributed by atoms with Crippen molar-refractivity contribution in [1.82, 2.24) is 0 Å². The van der Waals surface area contributed by atoms with Crippen molar-refractivity contribution in [3.8, 4) is 16.9 Å². The van der Waals surface area contributed by atoms with Crippen LogP contribution < -0.4 is 4.74 Å². The van der Waals surface area contributed by atoms with E-state index in [4.69, 9.17) is 4.74 Å². The lowest BCUT2D eigenvalue weighted by Crippen LogP contribution is -2.40. The smallest absolute Gasteiger partial charge is 0.323 e. The molecule has 1 aliphatic heterocycles. The largest absolute Gasteiger partial charge is 0.481 e. The maximum Gasteiger partial charge on any atom is 0.323 e. The van der Waals surface area contributed by atoms with Crippen LogP contribution in [0.1, 0.15) is 21.8 Å². The number of hydrogen-bond acceptors (Lipinski definition) is 4. The summed E-state index contributed by atoms with van der Waals surface area (Å²) < 4.78 is 5.24. The highest BCUT2D eigenvalue weighted by Crippen LogP contribution is 2.36.